The van der Waals surface area contributed by atoms with Crippen LogP contribution in [-0.4, -0.2) is 42.7 Å². The molecule has 8 nitrogen and oxygen atoms in total. The van der Waals surface area contributed by atoms with E-state index >= 15 is 0 Å². The maximum atomic E-state index is 11.7. The van der Waals surface area contributed by atoms with E-state index < -0.39 is 17.4 Å². The summed E-state index contributed by atoms with van der Waals surface area (Å²) in [6, 6.07) is 0. The minimum Gasteiger partial charge on any atom is -0.480 e. The van der Waals surface area contributed by atoms with E-state index in [0.29, 0.717) is 12.8 Å². The largest absolute Gasteiger partial charge is 0.480 e. The first-order valence-electron chi connectivity index (χ1n) is 5.29. The van der Waals surface area contributed by atoms with Crippen molar-refractivity contribution in [1.29, 1.82) is 0 Å². The van der Waals surface area contributed by atoms with Gasteiger partial charge in [-0.25, -0.2) is 9.48 Å². The third kappa shape index (κ3) is 2.99. The van der Waals surface area contributed by atoms with Crippen LogP contribution in [0.4, 0.5) is 0 Å². The number of rotatable bonds is 6. The smallest absolute Gasteiger partial charge is 0.329 e. The summed E-state index contributed by atoms with van der Waals surface area (Å²) in [6.45, 7) is 3.34. The van der Waals surface area contributed by atoms with Crippen molar-refractivity contribution >= 4 is 11.9 Å². The highest BCUT2D eigenvalue weighted by Gasteiger charge is 2.36. The predicted molar refractivity (Wildman–Crippen MR) is 56.9 cm³/mol. The molecule has 0 spiro atoms. The molecule has 1 amide bonds. The lowest BCUT2D eigenvalue weighted by Gasteiger charge is -2.27. The van der Waals surface area contributed by atoms with E-state index in [1.807, 2.05) is 0 Å². The Kier molecular flexibility index (Phi) is 4.13. The fourth-order valence-corrected chi connectivity index (χ4v) is 1.49. The van der Waals surface area contributed by atoms with Gasteiger partial charge in [-0.05, 0) is 23.3 Å². The number of carboxylic acid groups (broad SMARTS) is 1. The van der Waals surface area contributed by atoms with Gasteiger partial charge in [0.2, 0.25) is 5.91 Å². The minimum absolute atomic E-state index is 0.0952. The Bertz CT molecular complexity index is 385. The summed E-state index contributed by atoms with van der Waals surface area (Å²) in [7, 11) is 0. The third-order valence-corrected chi connectivity index (χ3v) is 2.69. The molecular formula is C9H15N5O3. The van der Waals surface area contributed by atoms with Crippen LogP contribution < -0.4 is 5.32 Å². The first-order valence-corrected chi connectivity index (χ1v) is 5.29. The molecule has 2 N–H and O–H groups in total. The number of hydrogen-bond donors (Lipinski definition) is 2. The number of nitrogens with one attached hydrogen (secondary N) is 1. The molecule has 1 aromatic rings. The second-order valence-corrected chi connectivity index (χ2v) is 3.65. The van der Waals surface area contributed by atoms with Gasteiger partial charge in [-0.1, -0.05) is 13.8 Å². The number of aliphatic carboxylic acids is 1. The number of carboxylic acids is 1. The van der Waals surface area contributed by atoms with Crippen LogP contribution >= 0.6 is 0 Å². The zero-order chi connectivity index (χ0) is 12.9. The standard InChI is InChI=1S/C9H15N5O3/c1-3-9(4-2,8(16)17)11-7(15)5-14-6-10-12-13-14/h6H,3-5H2,1-2H3,(H,11,15)(H,16,17). The lowest BCUT2D eigenvalue weighted by Crippen LogP contribution is -2.54. The zero-order valence-electron chi connectivity index (χ0n) is 9.75. The molecule has 0 saturated carbocycles. The molecule has 17 heavy (non-hydrogen) atoms. The molecule has 0 aliphatic heterocycles. The second kappa shape index (κ2) is 5.37. The van der Waals surface area contributed by atoms with Crippen molar-refractivity contribution in [2.45, 2.75) is 38.8 Å². The van der Waals surface area contributed by atoms with Crippen molar-refractivity contribution in [3.05, 3.63) is 6.33 Å². The van der Waals surface area contributed by atoms with Crippen LogP contribution in [0.15, 0.2) is 6.33 Å². The Morgan fingerprint density at radius 3 is 2.47 bits per heavy atom. The molecule has 0 atom stereocenters. The number of carbonyl (C=O) groups is 2. The summed E-state index contributed by atoms with van der Waals surface area (Å²) in [4.78, 5) is 22.8. The molecule has 0 aliphatic carbocycles. The molecule has 1 rings (SSSR count). The zero-order valence-corrected chi connectivity index (χ0v) is 9.75. The summed E-state index contributed by atoms with van der Waals surface area (Å²) in [5, 5.41) is 21.9. The van der Waals surface area contributed by atoms with Gasteiger partial charge in [0, 0.05) is 0 Å². The summed E-state index contributed by atoms with van der Waals surface area (Å²) in [5.74, 6) is -1.46. The molecule has 94 valence electrons. The summed E-state index contributed by atoms with van der Waals surface area (Å²) >= 11 is 0. The van der Waals surface area contributed by atoms with Gasteiger partial charge in [0.1, 0.15) is 18.4 Å². The molecule has 0 saturated heterocycles. The Balaban J connectivity index is 2.68. The molecule has 0 unspecified atom stereocenters. The van der Waals surface area contributed by atoms with Crippen LogP contribution in [0.25, 0.3) is 0 Å². The van der Waals surface area contributed by atoms with Crippen molar-refractivity contribution in [2.75, 3.05) is 0 Å². The number of carbonyl (C=O) groups excluding carboxylic acids is 1. The number of tetrazole rings is 1. The molecule has 0 bridgehead atoms. The second-order valence-electron chi connectivity index (χ2n) is 3.65. The first kappa shape index (κ1) is 13.1. The first-order chi connectivity index (χ1) is 8.04. The highest BCUT2D eigenvalue weighted by Crippen LogP contribution is 2.15. The maximum absolute atomic E-state index is 11.7. The summed E-state index contributed by atoms with van der Waals surface area (Å²) in [5.41, 5.74) is -1.22. The summed E-state index contributed by atoms with van der Waals surface area (Å²) < 4.78 is 1.23. The van der Waals surface area contributed by atoms with Gasteiger partial charge in [0.25, 0.3) is 0 Å². The van der Waals surface area contributed by atoms with Crippen LogP contribution in [0.1, 0.15) is 26.7 Å². The van der Waals surface area contributed by atoms with Crippen LogP contribution in [-0.2, 0) is 16.1 Å². The van der Waals surface area contributed by atoms with E-state index in [9.17, 15) is 9.59 Å². The Labute approximate surface area is 98.0 Å². The van der Waals surface area contributed by atoms with Crippen LogP contribution in [0.2, 0.25) is 0 Å². The minimum atomic E-state index is -1.22. The van der Waals surface area contributed by atoms with Crippen molar-refractivity contribution in [3.8, 4) is 0 Å². The fourth-order valence-electron chi connectivity index (χ4n) is 1.49. The van der Waals surface area contributed by atoms with Crippen LogP contribution in [0.5, 0.6) is 0 Å². The van der Waals surface area contributed by atoms with Crippen LogP contribution in [0, 0.1) is 0 Å². The quantitative estimate of drug-likeness (QED) is 0.690. The number of hydrogen-bond acceptors (Lipinski definition) is 5. The Hall–Kier alpha value is -1.99. The normalized spacial score (nSPS) is 11.2. The lowest BCUT2D eigenvalue weighted by molar-refractivity contribution is -0.148. The molecule has 0 radical (unpaired) electrons. The molecule has 1 heterocycles. The topological polar surface area (TPSA) is 110 Å². The maximum Gasteiger partial charge on any atom is 0.329 e. The highest BCUT2D eigenvalue weighted by atomic mass is 16.4. The van der Waals surface area contributed by atoms with Gasteiger partial charge >= 0.3 is 5.97 Å². The predicted octanol–water partition coefficient (Wildman–Crippen LogP) is -0.567. The Morgan fingerprint density at radius 1 is 1.41 bits per heavy atom. The van der Waals surface area contributed by atoms with Gasteiger partial charge in [-0.2, -0.15) is 0 Å². The molecule has 8 heteroatoms. The average Bonchev–Trinajstić information content (AvgIpc) is 2.78. The van der Waals surface area contributed by atoms with Crippen LogP contribution in [0.3, 0.4) is 0 Å². The van der Waals surface area contributed by atoms with E-state index in [1.165, 1.54) is 11.0 Å². The molecule has 0 aromatic carbocycles. The number of nitrogens with zero attached hydrogens (tertiary/aromatic N) is 4. The molecular weight excluding hydrogens is 226 g/mol. The van der Waals surface area contributed by atoms with E-state index in [1.54, 1.807) is 13.8 Å². The third-order valence-electron chi connectivity index (χ3n) is 2.69. The highest BCUT2D eigenvalue weighted by molar-refractivity contribution is 5.86. The SMILES string of the molecule is CCC(CC)(NC(=O)Cn1cnnn1)C(=O)O. The lowest BCUT2D eigenvalue weighted by atomic mass is 9.93. The van der Waals surface area contributed by atoms with E-state index in [4.69, 9.17) is 5.11 Å². The molecule has 1 aromatic heterocycles. The van der Waals surface area contributed by atoms with Crippen molar-refractivity contribution in [1.82, 2.24) is 25.5 Å². The summed E-state index contributed by atoms with van der Waals surface area (Å²) in [6.07, 6.45) is 1.93. The fraction of sp³-hybridized carbons (Fsp3) is 0.667. The van der Waals surface area contributed by atoms with Gasteiger partial charge in [-0.3, -0.25) is 4.79 Å². The van der Waals surface area contributed by atoms with Gasteiger partial charge < -0.3 is 10.4 Å². The van der Waals surface area contributed by atoms with E-state index in [0.717, 1.165) is 0 Å². The van der Waals surface area contributed by atoms with Crippen molar-refractivity contribution < 1.29 is 14.7 Å². The van der Waals surface area contributed by atoms with Crippen molar-refractivity contribution in [2.24, 2.45) is 0 Å². The van der Waals surface area contributed by atoms with Gasteiger partial charge in [0.05, 0.1) is 0 Å². The Morgan fingerprint density at radius 2 is 2.06 bits per heavy atom. The van der Waals surface area contributed by atoms with E-state index in [2.05, 4.69) is 20.8 Å². The molecule has 0 aliphatic rings. The van der Waals surface area contributed by atoms with Crippen molar-refractivity contribution in [3.63, 3.8) is 0 Å². The van der Waals surface area contributed by atoms with Gasteiger partial charge in [0.15, 0.2) is 0 Å². The number of amides is 1. The number of aromatic nitrogens is 4. The molecule has 0 fully saturated rings. The average molecular weight is 241 g/mol. The van der Waals surface area contributed by atoms with E-state index in [-0.39, 0.29) is 6.54 Å². The van der Waals surface area contributed by atoms with Gasteiger partial charge in [-0.15, -0.1) is 5.10 Å². The monoisotopic (exact) mass is 241 g/mol.